The number of imidazole rings is 1. The molecule has 0 amide bonds. The van der Waals surface area contributed by atoms with Gasteiger partial charge in [-0.05, 0) is 25.5 Å². The minimum absolute atomic E-state index is 0. The third-order valence-corrected chi connectivity index (χ3v) is 5.39. The monoisotopic (exact) mass is 498 g/mol. The van der Waals surface area contributed by atoms with E-state index in [-0.39, 0.29) is 24.0 Å². The highest BCUT2D eigenvalue weighted by atomic mass is 127. The summed E-state index contributed by atoms with van der Waals surface area (Å²) in [5.74, 6) is 1.77. The number of guanidine groups is 1. The van der Waals surface area contributed by atoms with Crippen LogP contribution in [0.15, 0.2) is 35.5 Å². The number of benzene rings is 1. The molecule has 3 aromatic rings. The largest absolute Gasteiger partial charge is 0.357 e. The van der Waals surface area contributed by atoms with Gasteiger partial charge in [0, 0.05) is 37.6 Å². The summed E-state index contributed by atoms with van der Waals surface area (Å²) in [5.41, 5.74) is 2.14. The van der Waals surface area contributed by atoms with Crippen LogP contribution in [-0.4, -0.2) is 33.6 Å². The molecule has 6 nitrogen and oxygen atoms in total. The van der Waals surface area contributed by atoms with E-state index in [0.717, 1.165) is 48.7 Å². The Hall–Kier alpha value is -1.68. The van der Waals surface area contributed by atoms with Crippen LogP contribution in [0.25, 0.3) is 11.0 Å². The third-order valence-electron chi connectivity index (χ3n) is 4.18. The molecule has 2 heterocycles. The molecule has 8 heteroatoms. The number of aryl methyl sites for hydroxylation is 2. The number of hydrogen-bond acceptors (Lipinski definition) is 4. The van der Waals surface area contributed by atoms with Gasteiger partial charge in [0.15, 0.2) is 5.96 Å². The van der Waals surface area contributed by atoms with Crippen molar-refractivity contribution in [2.45, 2.75) is 33.2 Å². The Labute approximate surface area is 181 Å². The first-order valence-electron chi connectivity index (χ1n) is 9.07. The number of thiazole rings is 1. The van der Waals surface area contributed by atoms with Crippen molar-refractivity contribution in [3.05, 3.63) is 46.2 Å². The van der Waals surface area contributed by atoms with Crippen molar-refractivity contribution in [3.8, 4) is 0 Å². The maximum Gasteiger partial charge on any atom is 0.191 e. The zero-order valence-corrected chi connectivity index (χ0v) is 19.2. The Morgan fingerprint density at radius 1 is 1.22 bits per heavy atom. The molecular weight excluding hydrogens is 471 g/mol. The summed E-state index contributed by atoms with van der Waals surface area (Å²) < 4.78 is 2.10. The van der Waals surface area contributed by atoms with E-state index in [0.29, 0.717) is 6.54 Å². The van der Waals surface area contributed by atoms with Crippen LogP contribution in [-0.2, 0) is 26.4 Å². The predicted molar refractivity (Wildman–Crippen MR) is 124 cm³/mol. The van der Waals surface area contributed by atoms with Crippen LogP contribution in [0, 0.1) is 0 Å². The first-order valence-corrected chi connectivity index (χ1v) is 9.89. The fourth-order valence-corrected chi connectivity index (χ4v) is 3.61. The minimum Gasteiger partial charge on any atom is -0.357 e. The molecule has 0 radical (unpaired) electrons. The van der Waals surface area contributed by atoms with Crippen LogP contribution < -0.4 is 10.6 Å². The minimum atomic E-state index is 0. The second kappa shape index (κ2) is 10.6. The molecule has 0 atom stereocenters. The molecule has 0 aliphatic carbocycles. The lowest BCUT2D eigenvalue weighted by atomic mass is 10.3. The highest BCUT2D eigenvalue weighted by Gasteiger charge is 2.07. The fraction of sp³-hybridized carbons (Fsp3) is 0.421. The molecular formula is C19H27IN6S. The number of para-hydroxylation sites is 2. The van der Waals surface area contributed by atoms with E-state index < -0.39 is 0 Å². The SMILES string of the molecule is CCNC(=NCc1nc2ccccc2n1C)NCCc1ncc(CC)s1.I. The molecule has 0 aliphatic rings. The number of aliphatic imine (C=N–C) groups is 1. The van der Waals surface area contributed by atoms with Gasteiger partial charge in [0.1, 0.15) is 12.4 Å². The molecule has 0 bridgehead atoms. The molecule has 3 rings (SSSR count). The van der Waals surface area contributed by atoms with Crippen molar-refractivity contribution in [2.75, 3.05) is 13.1 Å². The van der Waals surface area contributed by atoms with E-state index in [1.165, 1.54) is 9.88 Å². The fourth-order valence-electron chi connectivity index (χ4n) is 2.74. The Balaban J connectivity index is 0.00000261. The Kier molecular flexibility index (Phi) is 8.49. The standard InChI is InChI=1S/C19H26N6S.HI/c1-4-14-12-22-18(26-14)10-11-21-19(20-5-2)23-13-17-24-15-8-6-7-9-16(15)25(17)3;/h6-9,12H,4-5,10-11,13H2,1-3H3,(H2,20,21,23);1H. The highest BCUT2D eigenvalue weighted by molar-refractivity contribution is 14.0. The number of rotatable bonds is 7. The van der Waals surface area contributed by atoms with Crippen molar-refractivity contribution < 1.29 is 0 Å². The Morgan fingerprint density at radius 3 is 2.74 bits per heavy atom. The van der Waals surface area contributed by atoms with E-state index in [4.69, 9.17) is 0 Å². The molecule has 2 aromatic heterocycles. The van der Waals surface area contributed by atoms with Gasteiger partial charge in [-0.1, -0.05) is 19.1 Å². The number of aromatic nitrogens is 3. The molecule has 27 heavy (non-hydrogen) atoms. The molecule has 0 spiro atoms. The lowest BCUT2D eigenvalue weighted by Gasteiger charge is -2.10. The lowest BCUT2D eigenvalue weighted by molar-refractivity contribution is 0.771. The second-order valence-corrected chi connectivity index (χ2v) is 7.22. The van der Waals surface area contributed by atoms with Gasteiger partial charge in [0.05, 0.1) is 16.0 Å². The van der Waals surface area contributed by atoms with Crippen LogP contribution in [0.1, 0.15) is 29.6 Å². The van der Waals surface area contributed by atoms with Gasteiger partial charge in [-0.2, -0.15) is 0 Å². The average Bonchev–Trinajstić information content (AvgIpc) is 3.24. The predicted octanol–water partition coefficient (Wildman–Crippen LogP) is 3.51. The molecule has 0 unspecified atom stereocenters. The van der Waals surface area contributed by atoms with Crippen molar-refractivity contribution in [1.29, 1.82) is 0 Å². The molecule has 0 saturated carbocycles. The topological polar surface area (TPSA) is 67.1 Å². The number of halogens is 1. The smallest absolute Gasteiger partial charge is 0.191 e. The van der Waals surface area contributed by atoms with Gasteiger partial charge in [0.25, 0.3) is 0 Å². The summed E-state index contributed by atoms with van der Waals surface area (Å²) in [5, 5.41) is 7.85. The summed E-state index contributed by atoms with van der Waals surface area (Å²) in [6.07, 6.45) is 3.93. The van der Waals surface area contributed by atoms with E-state index in [9.17, 15) is 0 Å². The van der Waals surface area contributed by atoms with Crippen LogP contribution in [0.2, 0.25) is 0 Å². The van der Waals surface area contributed by atoms with Crippen molar-refractivity contribution >= 4 is 52.3 Å². The van der Waals surface area contributed by atoms with Crippen LogP contribution in [0.4, 0.5) is 0 Å². The molecule has 0 aliphatic heterocycles. The summed E-state index contributed by atoms with van der Waals surface area (Å²) in [4.78, 5) is 15.2. The van der Waals surface area contributed by atoms with E-state index >= 15 is 0 Å². The first kappa shape index (κ1) is 21.6. The van der Waals surface area contributed by atoms with Crippen molar-refractivity contribution in [1.82, 2.24) is 25.2 Å². The second-order valence-electron chi connectivity index (χ2n) is 6.02. The maximum atomic E-state index is 4.69. The van der Waals surface area contributed by atoms with Gasteiger partial charge in [0.2, 0.25) is 0 Å². The van der Waals surface area contributed by atoms with E-state index in [1.54, 1.807) is 11.3 Å². The highest BCUT2D eigenvalue weighted by Crippen LogP contribution is 2.15. The first-order chi connectivity index (χ1) is 12.7. The maximum absolute atomic E-state index is 4.69. The number of hydrogen-bond donors (Lipinski definition) is 2. The molecule has 2 N–H and O–H groups in total. The van der Waals surface area contributed by atoms with Crippen molar-refractivity contribution in [3.63, 3.8) is 0 Å². The van der Waals surface area contributed by atoms with Crippen LogP contribution in [0.5, 0.6) is 0 Å². The van der Waals surface area contributed by atoms with E-state index in [2.05, 4.69) is 50.1 Å². The zero-order chi connectivity index (χ0) is 18.4. The molecule has 1 aromatic carbocycles. The van der Waals surface area contributed by atoms with E-state index in [1.807, 2.05) is 31.4 Å². The van der Waals surface area contributed by atoms with Gasteiger partial charge in [-0.15, -0.1) is 35.3 Å². The van der Waals surface area contributed by atoms with Crippen LogP contribution in [0.3, 0.4) is 0 Å². The number of nitrogens with zero attached hydrogens (tertiary/aromatic N) is 4. The van der Waals surface area contributed by atoms with Crippen molar-refractivity contribution in [2.24, 2.45) is 12.0 Å². The molecule has 0 saturated heterocycles. The van der Waals surface area contributed by atoms with Gasteiger partial charge in [-0.25, -0.2) is 15.0 Å². The Bertz CT molecular complexity index is 885. The summed E-state index contributed by atoms with van der Waals surface area (Å²) in [6, 6.07) is 8.16. The average molecular weight is 498 g/mol. The Morgan fingerprint density at radius 2 is 2.04 bits per heavy atom. The molecule has 146 valence electrons. The summed E-state index contributed by atoms with van der Waals surface area (Å²) in [7, 11) is 2.04. The zero-order valence-electron chi connectivity index (χ0n) is 16.0. The van der Waals surface area contributed by atoms with Gasteiger partial charge in [-0.3, -0.25) is 0 Å². The quantitative estimate of drug-likeness (QED) is 0.297. The van der Waals surface area contributed by atoms with Gasteiger partial charge >= 0.3 is 0 Å². The van der Waals surface area contributed by atoms with Gasteiger partial charge < -0.3 is 15.2 Å². The third kappa shape index (κ3) is 5.65. The number of fused-ring (bicyclic) bond motifs is 1. The molecule has 0 fully saturated rings. The summed E-state index contributed by atoms with van der Waals surface area (Å²) in [6.45, 7) is 6.40. The normalized spacial score (nSPS) is 11.4. The summed E-state index contributed by atoms with van der Waals surface area (Å²) >= 11 is 1.79. The van der Waals surface area contributed by atoms with Crippen LogP contribution >= 0.6 is 35.3 Å². The number of nitrogens with one attached hydrogen (secondary N) is 2. The lowest BCUT2D eigenvalue weighted by Crippen LogP contribution is -2.38.